The first-order valence-electron chi connectivity index (χ1n) is 9.42. The monoisotopic (exact) mass is 377 g/mol. The fraction of sp³-hybridized carbons (Fsp3) is 0.273. The molecule has 1 aliphatic rings. The van der Waals surface area contributed by atoms with Gasteiger partial charge in [-0.1, -0.05) is 65.9 Å². The molecule has 1 aliphatic heterocycles. The normalized spacial score (nSPS) is 21.7. The maximum atomic E-state index is 9.70. The molecule has 1 aromatic heterocycles. The lowest BCUT2D eigenvalue weighted by Gasteiger charge is -2.30. The zero-order valence-electron chi connectivity index (χ0n) is 15.7. The molecule has 3 aromatic rings. The number of aliphatic hydroxyl groups excluding tert-OH is 1. The SMILES string of the molecule is CCO[C@@H]1C=C[C@H](n2cc(-c3ccc(-c4ccccc4)cc3)nn2)[C@@H](CO)O1. The maximum absolute atomic E-state index is 9.70. The van der Waals surface area contributed by atoms with Crippen LogP contribution >= 0.6 is 0 Å². The number of hydrogen-bond donors (Lipinski definition) is 1. The minimum atomic E-state index is -0.438. The largest absolute Gasteiger partial charge is 0.394 e. The van der Waals surface area contributed by atoms with Crippen LogP contribution in [0.1, 0.15) is 13.0 Å². The summed E-state index contributed by atoms with van der Waals surface area (Å²) in [5.41, 5.74) is 4.09. The summed E-state index contributed by atoms with van der Waals surface area (Å²) in [6.07, 6.45) is 4.79. The Morgan fingerprint density at radius 1 is 1.00 bits per heavy atom. The van der Waals surface area contributed by atoms with Crippen LogP contribution in [0, 0.1) is 0 Å². The summed E-state index contributed by atoms with van der Waals surface area (Å²) >= 11 is 0. The minimum absolute atomic E-state index is 0.125. The van der Waals surface area contributed by atoms with Crippen molar-refractivity contribution in [1.29, 1.82) is 0 Å². The first-order chi connectivity index (χ1) is 13.8. The molecule has 0 saturated heterocycles. The van der Waals surface area contributed by atoms with Gasteiger partial charge in [0, 0.05) is 12.2 Å². The highest BCUT2D eigenvalue weighted by atomic mass is 16.7. The van der Waals surface area contributed by atoms with Crippen LogP contribution in [0.15, 0.2) is 72.9 Å². The van der Waals surface area contributed by atoms with Gasteiger partial charge < -0.3 is 14.6 Å². The number of aromatic nitrogens is 3. The molecule has 0 unspecified atom stereocenters. The van der Waals surface area contributed by atoms with E-state index >= 15 is 0 Å². The Morgan fingerprint density at radius 2 is 1.71 bits per heavy atom. The topological polar surface area (TPSA) is 69.4 Å². The first-order valence-corrected chi connectivity index (χ1v) is 9.42. The van der Waals surface area contributed by atoms with Crippen molar-refractivity contribution < 1.29 is 14.6 Å². The van der Waals surface area contributed by atoms with E-state index in [0.717, 1.165) is 16.8 Å². The van der Waals surface area contributed by atoms with Crippen molar-refractivity contribution in [1.82, 2.24) is 15.0 Å². The van der Waals surface area contributed by atoms with E-state index in [2.05, 4.69) is 34.6 Å². The molecule has 6 nitrogen and oxygen atoms in total. The van der Waals surface area contributed by atoms with Gasteiger partial charge in [0.1, 0.15) is 17.8 Å². The third kappa shape index (κ3) is 3.89. The van der Waals surface area contributed by atoms with Gasteiger partial charge in [0.05, 0.1) is 12.8 Å². The van der Waals surface area contributed by atoms with Gasteiger partial charge in [-0.3, -0.25) is 0 Å². The zero-order valence-corrected chi connectivity index (χ0v) is 15.7. The van der Waals surface area contributed by atoms with Crippen molar-refractivity contribution in [2.24, 2.45) is 0 Å². The molecule has 0 radical (unpaired) electrons. The molecule has 2 heterocycles. The van der Waals surface area contributed by atoms with Gasteiger partial charge in [0.2, 0.25) is 0 Å². The third-order valence-corrected chi connectivity index (χ3v) is 4.77. The Bertz CT molecular complexity index is 922. The average molecular weight is 377 g/mol. The van der Waals surface area contributed by atoms with Gasteiger partial charge >= 0.3 is 0 Å². The standard InChI is InChI=1S/C22H23N3O3/c1-2-27-22-13-12-20(21(15-26)28-22)25-14-19(23-24-25)18-10-8-17(9-11-18)16-6-4-3-5-7-16/h3-14,20-22,26H,2,15H2,1H3/t20-,21+,22-/m0/s1. The molecule has 2 aromatic carbocycles. The van der Waals surface area contributed by atoms with Gasteiger partial charge in [-0.05, 0) is 24.1 Å². The van der Waals surface area contributed by atoms with Gasteiger partial charge in [-0.15, -0.1) is 5.10 Å². The van der Waals surface area contributed by atoms with Crippen LogP contribution in [0.25, 0.3) is 22.4 Å². The van der Waals surface area contributed by atoms with E-state index in [1.807, 2.05) is 55.6 Å². The molecule has 1 N–H and O–H groups in total. The van der Waals surface area contributed by atoms with E-state index in [9.17, 15) is 5.11 Å². The molecule has 0 aliphatic carbocycles. The number of nitrogens with zero attached hydrogens (tertiary/aromatic N) is 3. The Hall–Kier alpha value is -2.80. The Labute approximate surface area is 164 Å². The van der Waals surface area contributed by atoms with Crippen LogP contribution < -0.4 is 0 Å². The van der Waals surface area contributed by atoms with Gasteiger partial charge in [-0.2, -0.15) is 0 Å². The summed E-state index contributed by atoms with van der Waals surface area (Å²) in [7, 11) is 0. The molecule has 4 rings (SSSR count). The molecule has 0 amide bonds. The van der Waals surface area contributed by atoms with E-state index < -0.39 is 12.4 Å². The van der Waals surface area contributed by atoms with Gasteiger partial charge in [0.15, 0.2) is 6.29 Å². The highest BCUT2D eigenvalue weighted by molar-refractivity contribution is 5.68. The summed E-state index contributed by atoms with van der Waals surface area (Å²) in [6, 6.07) is 18.3. The molecule has 0 spiro atoms. The van der Waals surface area contributed by atoms with Crippen LogP contribution in [0.5, 0.6) is 0 Å². The Balaban J connectivity index is 1.53. The van der Waals surface area contributed by atoms with E-state index in [1.54, 1.807) is 4.68 Å². The maximum Gasteiger partial charge on any atom is 0.177 e. The van der Waals surface area contributed by atoms with Crippen LogP contribution in [0.3, 0.4) is 0 Å². The van der Waals surface area contributed by atoms with E-state index in [4.69, 9.17) is 9.47 Å². The van der Waals surface area contributed by atoms with Crippen molar-refractivity contribution in [3.05, 3.63) is 72.9 Å². The van der Waals surface area contributed by atoms with Crippen molar-refractivity contribution in [3.63, 3.8) is 0 Å². The van der Waals surface area contributed by atoms with Crippen molar-refractivity contribution in [3.8, 4) is 22.4 Å². The minimum Gasteiger partial charge on any atom is -0.394 e. The van der Waals surface area contributed by atoms with Gasteiger partial charge in [-0.25, -0.2) is 4.68 Å². The molecule has 144 valence electrons. The number of benzene rings is 2. The van der Waals surface area contributed by atoms with Crippen molar-refractivity contribution in [2.45, 2.75) is 25.4 Å². The molecular formula is C22H23N3O3. The van der Waals surface area contributed by atoms with E-state index in [0.29, 0.717) is 6.61 Å². The number of rotatable bonds is 6. The fourth-order valence-corrected chi connectivity index (χ4v) is 3.31. The lowest BCUT2D eigenvalue weighted by molar-refractivity contribution is -0.165. The van der Waals surface area contributed by atoms with E-state index in [1.165, 1.54) is 5.56 Å². The lowest BCUT2D eigenvalue weighted by Crippen LogP contribution is -2.37. The molecule has 0 bridgehead atoms. The number of hydrogen-bond acceptors (Lipinski definition) is 5. The highest BCUT2D eigenvalue weighted by Gasteiger charge is 2.29. The second-order valence-corrected chi connectivity index (χ2v) is 6.58. The average Bonchev–Trinajstić information content (AvgIpc) is 3.25. The predicted molar refractivity (Wildman–Crippen MR) is 106 cm³/mol. The number of aliphatic hydroxyl groups is 1. The number of ether oxygens (including phenoxy) is 2. The van der Waals surface area contributed by atoms with E-state index in [-0.39, 0.29) is 12.6 Å². The quantitative estimate of drug-likeness (QED) is 0.666. The summed E-state index contributed by atoms with van der Waals surface area (Å²) < 4.78 is 13.0. The second-order valence-electron chi connectivity index (χ2n) is 6.58. The fourth-order valence-electron chi connectivity index (χ4n) is 3.31. The second kappa shape index (κ2) is 8.48. The van der Waals surface area contributed by atoms with Crippen molar-refractivity contribution in [2.75, 3.05) is 13.2 Å². The third-order valence-electron chi connectivity index (χ3n) is 4.77. The molecule has 0 fully saturated rings. The predicted octanol–water partition coefficient (Wildman–Crippen LogP) is 3.46. The smallest absolute Gasteiger partial charge is 0.177 e. The lowest BCUT2D eigenvalue weighted by atomic mass is 10.0. The molecule has 28 heavy (non-hydrogen) atoms. The zero-order chi connectivity index (χ0) is 19.3. The van der Waals surface area contributed by atoms with Crippen LogP contribution in [0.2, 0.25) is 0 Å². The molecule has 0 saturated carbocycles. The Kier molecular flexibility index (Phi) is 5.62. The van der Waals surface area contributed by atoms with Gasteiger partial charge in [0.25, 0.3) is 0 Å². The molecule has 6 heteroatoms. The van der Waals surface area contributed by atoms with Crippen molar-refractivity contribution >= 4 is 0 Å². The highest BCUT2D eigenvalue weighted by Crippen LogP contribution is 2.27. The molecular weight excluding hydrogens is 354 g/mol. The van der Waals surface area contributed by atoms with Crippen LogP contribution in [-0.4, -0.2) is 45.7 Å². The summed E-state index contributed by atoms with van der Waals surface area (Å²) in [6.45, 7) is 2.33. The summed E-state index contributed by atoms with van der Waals surface area (Å²) in [5.74, 6) is 0. The van der Waals surface area contributed by atoms with Crippen LogP contribution in [0.4, 0.5) is 0 Å². The summed E-state index contributed by atoms with van der Waals surface area (Å²) in [5, 5.41) is 18.2. The van der Waals surface area contributed by atoms with Crippen LogP contribution in [-0.2, 0) is 9.47 Å². The summed E-state index contributed by atoms with van der Waals surface area (Å²) in [4.78, 5) is 0. The first kappa shape index (κ1) is 18.6. The Morgan fingerprint density at radius 3 is 2.43 bits per heavy atom. The molecule has 3 atom stereocenters.